The number of hydrogen-bond donors (Lipinski definition) is 1. The molecule has 1 unspecified atom stereocenters. The van der Waals surface area contributed by atoms with Gasteiger partial charge in [-0.1, -0.05) is 12.8 Å². The number of hydrogen-bond acceptors (Lipinski definition) is 2. The van der Waals surface area contributed by atoms with Crippen LogP contribution in [0.5, 0.6) is 0 Å². The number of terminal acetylenes is 1. The average Bonchev–Trinajstić information content (AvgIpc) is 2.89. The predicted molar refractivity (Wildman–Crippen MR) is 54.8 cm³/mol. The van der Waals surface area contributed by atoms with Crippen molar-refractivity contribution in [3.8, 4) is 12.3 Å². The molecule has 1 aliphatic rings. The minimum Gasteiger partial charge on any atom is -0.480 e. The largest absolute Gasteiger partial charge is 0.480 e. The van der Waals surface area contributed by atoms with Crippen molar-refractivity contribution in [2.45, 2.75) is 32.2 Å². The van der Waals surface area contributed by atoms with Crippen molar-refractivity contribution in [2.75, 3.05) is 13.1 Å². The summed E-state index contributed by atoms with van der Waals surface area (Å²) in [4.78, 5) is 12.5. The molecule has 0 bridgehead atoms. The Morgan fingerprint density at radius 1 is 1.71 bits per heavy atom. The van der Waals surface area contributed by atoms with Crippen LogP contribution in [0.15, 0.2) is 0 Å². The lowest BCUT2D eigenvalue weighted by molar-refractivity contribution is -0.138. The third-order valence-corrected chi connectivity index (χ3v) is 2.69. The maximum absolute atomic E-state index is 10.6. The fourth-order valence-electron chi connectivity index (χ4n) is 1.95. The monoisotopic (exact) mass is 195 g/mol. The van der Waals surface area contributed by atoms with Crippen molar-refractivity contribution in [3.05, 3.63) is 0 Å². The van der Waals surface area contributed by atoms with Gasteiger partial charge in [-0.05, 0) is 25.2 Å². The molecule has 1 rings (SSSR count). The summed E-state index contributed by atoms with van der Waals surface area (Å²) in [6, 6.07) is 0.363. The molecule has 1 atom stereocenters. The molecule has 1 N–H and O–H groups in total. The van der Waals surface area contributed by atoms with Gasteiger partial charge in [0, 0.05) is 6.04 Å². The van der Waals surface area contributed by atoms with Crippen LogP contribution in [0.4, 0.5) is 0 Å². The van der Waals surface area contributed by atoms with E-state index in [1.807, 2.05) is 4.90 Å². The summed E-state index contributed by atoms with van der Waals surface area (Å²) in [6.07, 6.45) is 8.66. The van der Waals surface area contributed by atoms with Crippen LogP contribution >= 0.6 is 0 Å². The molecule has 1 aliphatic carbocycles. The summed E-state index contributed by atoms with van der Waals surface area (Å²) in [6.45, 7) is 2.61. The summed E-state index contributed by atoms with van der Waals surface area (Å²) >= 11 is 0. The topological polar surface area (TPSA) is 40.5 Å². The summed E-state index contributed by atoms with van der Waals surface area (Å²) in [7, 11) is 0. The quantitative estimate of drug-likeness (QED) is 0.647. The summed E-state index contributed by atoms with van der Waals surface area (Å²) < 4.78 is 0. The zero-order valence-corrected chi connectivity index (χ0v) is 8.57. The van der Waals surface area contributed by atoms with Gasteiger partial charge in [-0.2, -0.15) is 0 Å². The smallest absolute Gasteiger partial charge is 0.317 e. The van der Waals surface area contributed by atoms with Crippen molar-refractivity contribution in [1.82, 2.24) is 4.90 Å². The zero-order valence-electron chi connectivity index (χ0n) is 8.57. The van der Waals surface area contributed by atoms with E-state index in [0.717, 1.165) is 6.42 Å². The highest BCUT2D eigenvalue weighted by atomic mass is 16.4. The van der Waals surface area contributed by atoms with Gasteiger partial charge < -0.3 is 5.11 Å². The van der Waals surface area contributed by atoms with Crippen molar-refractivity contribution < 1.29 is 9.90 Å². The van der Waals surface area contributed by atoms with Crippen LogP contribution in [-0.4, -0.2) is 35.1 Å². The third-order valence-electron chi connectivity index (χ3n) is 2.69. The Morgan fingerprint density at radius 3 is 2.71 bits per heavy atom. The van der Waals surface area contributed by atoms with Crippen LogP contribution in [-0.2, 0) is 4.79 Å². The van der Waals surface area contributed by atoms with Gasteiger partial charge in [0.1, 0.15) is 0 Å². The summed E-state index contributed by atoms with van der Waals surface area (Å²) in [5, 5.41) is 8.75. The second kappa shape index (κ2) is 5.02. The van der Waals surface area contributed by atoms with E-state index in [1.165, 1.54) is 12.8 Å². The van der Waals surface area contributed by atoms with Crippen molar-refractivity contribution in [3.63, 3.8) is 0 Å². The molecule has 3 heteroatoms. The van der Waals surface area contributed by atoms with Gasteiger partial charge in [0.25, 0.3) is 0 Å². The number of aliphatic carboxylic acids is 1. The van der Waals surface area contributed by atoms with E-state index < -0.39 is 5.97 Å². The first-order valence-electron chi connectivity index (χ1n) is 5.08. The zero-order chi connectivity index (χ0) is 10.6. The first-order chi connectivity index (χ1) is 6.69. The highest BCUT2D eigenvalue weighted by Gasteiger charge is 2.34. The van der Waals surface area contributed by atoms with E-state index in [4.69, 9.17) is 11.5 Å². The van der Waals surface area contributed by atoms with Gasteiger partial charge in [-0.25, -0.2) is 0 Å². The summed E-state index contributed by atoms with van der Waals surface area (Å²) in [5.74, 6) is 2.41. The molecule has 1 saturated carbocycles. The average molecular weight is 195 g/mol. The molecule has 1 fully saturated rings. The standard InChI is InChI=1S/C11H17NO2/c1-3-7-12(8-11(13)14)10(4-2)9-5-6-9/h1,9-10H,4-8H2,2H3,(H,13,14). The molecular formula is C11H17NO2. The van der Waals surface area contributed by atoms with Crippen LogP contribution in [0, 0.1) is 18.3 Å². The molecule has 78 valence electrons. The first kappa shape index (κ1) is 11.1. The predicted octanol–water partition coefficient (Wildman–Crippen LogP) is 1.19. The molecule has 0 spiro atoms. The van der Waals surface area contributed by atoms with E-state index in [2.05, 4.69) is 12.8 Å². The minimum absolute atomic E-state index is 0.0687. The highest BCUT2D eigenvalue weighted by Crippen LogP contribution is 2.36. The number of nitrogens with zero attached hydrogens (tertiary/aromatic N) is 1. The second-order valence-corrected chi connectivity index (χ2v) is 3.82. The Kier molecular flexibility index (Phi) is 3.97. The lowest BCUT2D eigenvalue weighted by atomic mass is 10.1. The van der Waals surface area contributed by atoms with Gasteiger partial charge >= 0.3 is 5.97 Å². The van der Waals surface area contributed by atoms with Crippen molar-refractivity contribution in [2.24, 2.45) is 5.92 Å². The molecule has 0 saturated heterocycles. The fourth-order valence-corrected chi connectivity index (χ4v) is 1.95. The second-order valence-electron chi connectivity index (χ2n) is 3.82. The Balaban J connectivity index is 2.54. The van der Waals surface area contributed by atoms with Gasteiger partial charge in [-0.15, -0.1) is 6.42 Å². The highest BCUT2D eigenvalue weighted by molar-refractivity contribution is 5.69. The molecule has 14 heavy (non-hydrogen) atoms. The number of rotatable bonds is 6. The fraction of sp³-hybridized carbons (Fsp3) is 0.727. The SMILES string of the molecule is C#CCN(CC(=O)O)C(CC)C1CC1. The van der Waals surface area contributed by atoms with Gasteiger partial charge in [0.2, 0.25) is 0 Å². The maximum atomic E-state index is 10.6. The van der Waals surface area contributed by atoms with Crippen LogP contribution < -0.4 is 0 Å². The molecule has 3 nitrogen and oxygen atoms in total. The van der Waals surface area contributed by atoms with E-state index in [1.54, 1.807) is 0 Å². The number of carbonyl (C=O) groups is 1. The van der Waals surface area contributed by atoms with Crippen molar-refractivity contribution >= 4 is 5.97 Å². The molecule has 0 aliphatic heterocycles. The molecule has 0 heterocycles. The molecule has 0 aromatic heterocycles. The van der Waals surface area contributed by atoms with E-state index in [-0.39, 0.29) is 6.54 Å². The van der Waals surface area contributed by atoms with Gasteiger partial charge in [-0.3, -0.25) is 9.69 Å². The Bertz CT molecular complexity index is 240. The van der Waals surface area contributed by atoms with Crippen LogP contribution in [0.3, 0.4) is 0 Å². The van der Waals surface area contributed by atoms with E-state index in [0.29, 0.717) is 18.5 Å². The molecular weight excluding hydrogens is 178 g/mol. The molecule has 0 radical (unpaired) electrons. The van der Waals surface area contributed by atoms with E-state index in [9.17, 15) is 4.79 Å². The first-order valence-corrected chi connectivity index (χ1v) is 5.08. The van der Waals surface area contributed by atoms with Crippen molar-refractivity contribution in [1.29, 1.82) is 0 Å². The third kappa shape index (κ3) is 3.04. The molecule has 0 aromatic rings. The molecule has 0 amide bonds. The van der Waals surface area contributed by atoms with Gasteiger partial charge in [0.05, 0.1) is 13.1 Å². The van der Waals surface area contributed by atoms with Crippen LogP contribution in [0.2, 0.25) is 0 Å². The Morgan fingerprint density at radius 2 is 2.36 bits per heavy atom. The van der Waals surface area contributed by atoms with Gasteiger partial charge in [0.15, 0.2) is 0 Å². The Labute approximate surface area is 85.1 Å². The van der Waals surface area contributed by atoms with Crippen LogP contribution in [0.25, 0.3) is 0 Å². The minimum atomic E-state index is -0.792. The Hall–Kier alpha value is -1.01. The normalized spacial score (nSPS) is 17.8. The lowest BCUT2D eigenvalue weighted by Gasteiger charge is -2.27. The van der Waals surface area contributed by atoms with Crippen LogP contribution in [0.1, 0.15) is 26.2 Å². The molecule has 0 aromatic carbocycles. The number of carboxylic acid groups (broad SMARTS) is 1. The lowest BCUT2D eigenvalue weighted by Crippen LogP contribution is -2.40. The number of carboxylic acids is 1. The maximum Gasteiger partial charge on any atom is 0.317 e. The summed E-state index contributed by atoms with van der Waals surface area (Å²) in [5.41, 5.74) is 0. The van der Waals surface area contributed by atoms with E-state index >= 15 is 0 Å².